The Morgan fingerprint density at radius 2 is 1.45 bits per heavy atom. The van der Waals surface area contributed by atoms with E-state index in [0.717, 1.165) is 0 Å². The van der Waals surface area contributed by atoms with Crippen LogP contribution in [0.2, 0.25) is 0 Å². The van der Waals surface area contributed by atoms with Crippen LogP contribution >= 0.6 is 0 Å². The topological polar surface area (TPSA) is 132 Å². The van der Waals surface area contributed by atoms with Gasteiger partial charge in [0, 0.05) is 33.6 Å². The first-order valence-corrected chi connectivity index (χ1v) is 13.3. The molecule has 38 heavy (non-hydrogen) atoms. The molecule has 10 heteroatoms. The predicted molar refractivity (Wildman–Crippen MR) is 129 cm³/mol. The molecule has 4 bridgehead atoms. The number of hydrogen-bond donors (Lipinski definition) is 0. The van der Waals surface area contributed by atoms with Crippen LogP contribution in [0.25, 0.3) is 0 Å². The first-order chi connectivity index (χ1) is 17.8. The van der Waals surface area contributed by atoms with Crippen LogP contribution in [0.3, 0.4) is 0 Å². The zero-order valence-corrected chi connectivity index (χ0v) is 22.6. The summed E-state index contributed by atoms with van der Waals surface area (Å²) in [6.07, 6.45) is -1.38. The van der Waals surface area contributed by atoms with Crippen LogP contribution in [0.4, 0.5) is 0 Å². The third kappa shape index (κ3) is 3.44. The van der Waals surface area contributed by atoms with Gasteiger partial charge < -0.3 is 23.7 Å². The highest BCUT2D eigenvalue weighted by atomic mass is 16.7. The number of rotatable bonds is 4. The zero-order chi connectivity index (χ0) is 27.8. The Kier molecular flexibility index (Phi) is 6.28. The number of carbonyl (C=O) groups is 5. The second-order valence-electron chi connectivity index (χ2n) is 12.0. The van der Waals surface area contributed by atoms with Crippen molar-refractivity contribution in [3.8, 4) is 0 Å². The van der Waals surface area contributed by atoms with Gasteiger partial charge in [0.1, 0.15) is 23.7 Å². The van der Waals surface area contributed by atoms with Gasteiger partial charge in [-0.05, 0) is 54.9 Å². The third-order valence-corrected chi connectivity index (χ3v) is 10.0. The number of ether oxygens (including phenoxy) is 5. The van der Waals surface area contributed by atoms with Gasteiger partial charge in [-0.2, -0.15) is 0 Å². The van der Waals surface area contributed by atoms with Gasteiger partial charge in [0.15, 0.2) is 5.78 Å². The van der Waals surface area contributed by atoms with Crippen molar-refractivity contribution >= 4 is 29.7 Å². The monoisotopic (exact) mass is 532 g/mol. The predicted octanol–water partition coefficient (Wildman–Crippen LogP) is 2.66. The van der Waals surface area contributed by atoms with Gasteiger partial charge in [0.25, 0.3) is 0 Å². The molecule has 1 spiro atoms. The number of Topliss-reactive ketones (excluding diaryl/α,β-unsaturated/α-hetero) is 1. The van der Waals surface area contributed by atoms with Crippen LogP contribution in [0.5, 0.6) is 0 Å². The molecule has 0 aromatic heterocycles. The van der Waals surface area contributed by atoms with Gasteiger partial charge >= 0.3 is 23.9 Å². The summed E-state index contributed by atoms with van der Waals surface area (Å²) >= 11 is 0. The molecule has 1 heterocycles. The fourth-order valence-corrected chi connectivity index (χ4v) is 9.07. The highest BCUT2D eigenvalue weighted by Crippen LogP contribution is 2.75. The average molecular weight is 533 g/mol. The van der Waals surface area contributed by atoms with Crippen LogP contribution in [0, 0.1) is 34.0 Å². The zero-order valence-electron chi connectivity index (χ0n) is 22.6. The molecule has 5 aliphatic rings. The van der Waals surface area contributed by atoms with Gasteiger partial charge in [-0.3, -0.25) is 24.0 Å². The normalized spacial score (nSPS) is 44.8. The van der Waals surface area contributed by atoms with Crippen molar-refractivity contribution in [2.24, 2.45) is 34.0 Å². The summed E-state index contributed by atoms with van der Waals surface area (Å²) in [5, 5.41) is 0. The lowest BCUT2D eigenvalue weighted by atomic mass is 9.37. The lowest BCUT2D eigenvalue weighted by Gasteiger charge is -2.70. The van der Waals surface area contributed by atoms with E-state index in [4.69, 9.17) is 23.7 Å². The molecular weight excluding hydrogens is 496 g/mol. The Bertz CT molecular complexity index is 1080. The summed E-state index contributed by atoms with van der Waals surface area (Å²) in [5.74, 6) is -3.89. The highest BCUT2D eigenvalue weighted by Gasteiger charge is 2.82. The lowest BCUT2D eigenvalue weighted by molar-refractivity contribution is -0.370. The van der Waals surface area contributed by atoms with Crippen molar-refractivity contribution in [1.29, 1.82) is 0 Å². The third-order valence-electron chi connectivity index (χ3n) is 10.0. The number of esters is 4. The molecule has 5 rings (SSSR count). The molecule has 5 fully saturated rings. The molecule has 1 saturated heterocycles. The summed E-state index contributed by atoms with van der Waals surface area (Å²) in [7, 11) is 0. The van der Waals surface area contributed by atoms with Gasteiger partial charge in [-0.15, -0.1) is 0 Å². The standard InChI is InChI=1S/C28H36O10/c1-13-18-7-8-19-27-20(11-22(36-15(3)30)28(19,23(13)33)24(18)37-16(4)31)26(6,10-9-21(27)35-14(2)29)12-34-25(27)38-17(5)32/h18-22,24-25H,1,7-12H2,2-6H3/t18-,19-,20+,21-,22+,24?,25?,26-,27+,28-/m0/s1. The molecule has 2 unspecified atom stereocenters. The van der Waals surface area contributed by atoms with Crippen LogP contribution in [0.1, 0.15) is 66.7 Å². The first-order valence-electron chi connectivity index (χ1n) is 13.3. The quantitative estimate of drug-likeness (QED) is 0.302. The van der Waals surface area contributed by atoms with Gasteiger partial charge in [0.05, 0.1) is 12.0 Å². The van der Waals surface area contributed by atoms with E-state index in [9.17, 15) is 24.0 Å². The van der Waals surface area contributed by atoms with Gasteiger partial charge in [0.2, 0.25) is 6.29 Å². The minimum atomic E-state index is -1.48. The highest BCUT2D eigenvalue weighted by molar-refractivity contribution is 6.05. The molecule has 0 N–H and O–H groups in total. The van der Waals surface area contributed by atoms with E-state index in [0.29, 0.717) is 31.3 Å². The Hall–Kier alpha value is -2.75. The van der Waals surface area contributed by atoms with E-state index in [1.807, 2.05) is 0 Å². The smallest absolute Gasteiger partial charge is 0.304 e. The van der Waals surface area contributed by atoms with Crippen molar-refractivity contribution in [2.45, 2.75) is 91.3 Å². The van der Waals surface area contributed by atoms with Crippen LogP contribution in [-0.4, -0.2) is 60.9 Å². The minimum Gasteiger partial charge on any atom is -0.462 e. The number of hydrogen-bond acceptors (Lipinski definition) is 10. The second-order valence-corrected chi connectivity index (χ2v) is 12.0. The molecule has 0 radical (unpaired) electrons. The molecule has 0 aromatic carbocycles. The first kappa shape index (κ1) is 26.8. The Balaban J connectivity index is 1.81. The summed E-state index contributed by atoms with van der Waals surface area (Å²) in [6, 6.07) is 0. The van der Waals surface area contributed by atoms with Crippen LogP contribution in [0.15, 0.2) is 12.2 Å². The second kappa shape index (κ2) is 8.89. The fraction of sp³-hybridized carbons (Fsp3) is 0.750. The van der Waals surface area contributed by atoms with E-state index in [1.165, 1.54) is 27.7 Å². The van der Waals surface area contributed by atoms with Crippen LogP contribution in [-0.2, 0) is 47.7 Å². The van der Waals surface area contributed by atoms with Gasteiger partial charge in [-0.25, -0.2) is 0 Å². The Labute approximate surface area is 221 Å². The molecule has 0 amide bonds. The van der Waals surface area contributed by atoms with Gasteiger partial charge in [-0.1, -0.05) is 13.5 Å². The summed E-state index contributed by atoms with van der Waals surface area (Å²) in [5.41, 5.74) is -2.72. The molecule has 10 nitrogen and oxygen atoms in total. The molecular formula is C28H36O10. The summed E-state index contributed by atoms with van der Waals surface area (Å²) in [4.78, 5) is 64.0. The molecule has 1 aliphatic heterocycles. The number of ketones is 1. The number of carbonyl (C=O) groups excluding carboxylic acids is 5. The molecule has 4 saturated carbocycles. The molecule has 10 atom stereocenters. The maximum atomic E-state index is 14.4. The summed E-state index contributed by atoms with van der Waals surface area (Å²) in [6.45, 7) is 11.6. The van der Waals surface area contributed by atoms with Crippen molar-refractivity contribution in [2.75, 3.05) is 6.61 Å². The maximum absolute atomic E-state index is 14.4. The number of fused-ring (bicyclic) bond motifs is 1. The summed E-state index contributed by atoms with van der Waals surface area (Å²) < 4.78 is 30.0. The van der Waals surface area contributed by atoms with Crippen molar-refractivity contribution in [1.82, 2.24) is 0 Å². The van der Waals surface area contributed by atoms with E-state index in [1.54, 1.807) is 0 Å². The van der Waals surface area contributed by atoms with Crippen molar-refractivity contribution in [3.05, 3.63) is 12.2 Å². The maximum Gasteiger partial charge on any atom is 0.304 e. The molecule has 4 aliphatic carbocycles. The van der Waals surface area contributed by atoms with Crippen LogP contribution < -0.4 is 0 Å². The Morgan fingerprint density at radius 1 is 0.842 bits per heavy atom. The van der Waals surface area contributed by atoms with Crippen molar-refractivity contribution in [3.63, 3.8) is 0 Å². The van der Waals surface area contributed by atoms with E-state index < -0.39 is 76.6 Å². The minimum absolute atomic E-state index is 0.231. The Morgan fingerprint density at radius 3 is 2.05 bits per heavy atom. The average Bonchev–Trinajstić information content (AvgIpc) is 2.92. The van der Waals surface area contributed by atoms with E-state index in [-0.39, 0.29) is 24.7 Å². The largest absolute Gasteiger partial charge is 0.462 e. The fourth-order valence-electron chi connectivity index (χ4n) is 9.07. The molecule has 0 aromatic rings. The lowest BCUT2D eigenvalue weighted by Crippen LogP contribution is -2.77. The molecule has 208 valence electrons. The van der Waals surface area contributed by atoms with E-state index >= 15 is 0 Å². The van der Waals surface area contributed by atoms with E-state index in [2.05, 4.69) is 13.5 Å². The van der Waals surface area contributed by atoms with Crippen molar-refractivity contribution < 1.29 is 47.7 Å². The SMILES string of the molecule is C=C1C(=O)[C@]23C(OC(C)=O)[C@H]1CC[C@H]2[C@]12C(OC(C)=O)OC[C@](C)(CC[C@@H]1OC(C)=O)[C@H]2C[C@H]3OC(C)=O.